The summed E-state index contributed by atoms with van der Waals surface area (Å²) in [5.74, 6) is 1.22. The SMILES string of the molecule is CC(=O)CC(C)c1ccc(Br)o1. The molecule has 1 unspecified atom stereocenters. The molecule has 0 amide bonds. The van der Waals surface area contributed by atoms with E-state index in [4.69, 9.17) is 4.42 Å². The first-order valence-electron chi connectivity index (χ1n) is 3.84. The van der Waals surface area contributed by atoms with Crippen molar-refractivity contribution in [3.8, 4) is 0 Å². The fourth-order valence-electron chi connectivity index (χ4n) is 1.12. The highest BCUT2D eigenvalue weighted by Gasteiger charge is 2.11. The number of Topliss-reactive ketones (excluding diaryl/α,β-unsaturated/α-hetero) is 1. The maximum Gasteiger partial charge on any atom is 0.169 e. The zero-order chi connectivity index (χ0) is 9.14. The van der Waals surface area contributed by atoms with Crippen LogP contribution < -0.4 is 0 Å². The van der Waals surface area contributed by atoms with E-state index in [1.165, 1.54) is 0 Å². The average molecular weight is 231 g/mol. The summed E-state index contributed by atoms with van der Waals surface area (Å²) in [5, 5.41) is 0. The molecule has 2 nitrogen and oxygen atoms in total. The van der Waals surface area contributed by atoms with E-state index in [0.717, 1.165) is 5.76 Å². The summed E-state index contributed by atoms with van der Waals surface area (Å²) in [6, 6.07) is 3.73. The lowest BCUT2D eigenvalue weighted by molar-refractivity contribution is -0.117. The number of rotatable bonds is 3. The van der Waals surface area contributed by atoms with E-state index >= 15 is 0 Å². The Bertz CT molecular complexity index is 278. The molecular weight excluding hydrogens is 220 g/mol. The van der Waals surface area contributed by atoms with Crippen molar-refractivity contribution < 1.29 is 9.21 Å². The van der Waals surface area contributed by atoms with Crippen molar-refractivity contribution in [3.05, 3.63) is 22.6 Å². The topological polar surface area (TPSA) is 30.2 Å². The maximum atomic E-state index is 10.8. The molecule has 0 radical (unpaired) electrons. The van der Waals surface area contributed by atoms with Crippen molar-refractivity contribution in [3.63, 3.8) is 0 Å². The number of carbonyl (C=O) groups excluding carboxylic acids is 1. The molecule has 12 heavy (non-hydrogen) atoms. The van der Waals surface area contributed by atoms with Gasteiger partial charge in [-0.2, -0.15) is 0 Å². The molecular formula is C9H11BrO2. The molecule has 0 bridgehead atoms. The summed E-state index contributed by atoms with van der Waals surface area (Å²) >= 11 is 3.22. The molecule has 1 aromatic rings. The first kappa shape index (κ1) is 9.52. The van der Waals surface area contributed by atoms with E-state index in [2.05, 4.69) is 15.9 Å². The number of furan rings is 1. The molecule has 3 heteroatoms. The smallest absolute Gasteiger partial charge is 0.169 e. The van der Waals surface area contributed by atoms with Crippen LogP contribution in [0.3, 0.4) is 0 Å². The van der Waals surface area contributed by atoms with E-state index in [9.17, 15) is 4.79 Å². The van der Waals surface area contributed by atoms with Crippen molar-refractivity contribution in [2.75, 3.05) is 0 Å². The molecule has 1 atom stereocenters. The number of hydrogen-bond donors (Lipinski definition) is 0. The molecule has 0 aliphatic rings. The van der Waals surface area contributed by atoms with Gasteiger partial charge in [0.05, 0.1) is 0 Å². The first-order valence-corrected chi connectivity index (χ1v) is 4.63. The second-order valence-electron chi connectivity index (χ2n) is 2.95. The van der Waals surface area contributed by atoms with Gasteiger partial charge in [-0.1, -0.05) is 6.92 Å². The Balaban J connectivity index is 2.64. The maximum absolute atomic E-state index is 10.8. The largest absolute Gasteiger partial charge is 0.454 e. The van der Waals surface area contributed by atoms with Crippen LogP contribution in [-0.4, -0.2) is 5.78 Å². The Labute approximate surface area is 80.1 Å². The Morgan fingerprint density at radius 1 is 1.67 bits per heavy atom. The molecule has 1 aromatic heterocycles. The minimum Gasteiger partial charge on any atom is -0.454 e. The van der Waals surface area contributed by atoms with Crippen LogP contribution >= 0.6 is 15.9 Å². The van der Waals surface area contributed by atoms with Crippen LogP contribution in [0.2, 0.25) is 0 Å². The van der Waals surface area contributed by atoms with Crippen LogP contribution in [0.25, 0.3) is 0 Å². The summed E-state index contributed by atoms with van der Waals surface area (Å²) in [4.78, 5) is 10.8. The quantitative estimate of drug-likeness (QED) is 0.799. The third-order valence-electron chi connectivity index (χ3n) is 1.67. The number of ketones is 1. The van der Waals surface area contributed by atoms with Gasteiger partial charge in [0.25, 0.3) is 0 Å². The number of carbonyl (C=O) groups is 1. The van der Waals surface area contributed by atoms with E-state index in [-0.39, 0.29) is 11.7 Å². The molecule has 66 valence electrons. The van der Waals surface area contributed by atoms with Gasteiger partial charge in [-0.3, -0.25) is 0 Å². The summed E-state index contributed by atoms with van der Waals surface area (Å²) in [7, 11) is 0. The second-order valence-corrected chi connectivity index (χ2v) is 3.73. The Morgan fingerprint density at radius 2 is 2.33 bits per heavy atom. The van der Waals surface area contributed by atoms with Crippen LogP contribution in [-0.2, 0) is 4.79 Å². The van der Waals surface area contributed by atoms with E-state index in [0.29, 0.717) is 11.1 Å². The summed E-state index contributed by atoms with van der Waals surface area (Å²) in [6.07, 6.45) is 0.542. The summed E-state index contributed by atoms with van der Waals surface area (Å²) in [6.45, 7) is 3.57. The molecule has 0 saturated heterocycles. The van der Waals surface area contributed by atoms with E-state index in [1.807, 2.05) is 19.1 Å². The highest BCUT2D eigenvalue weighted by atomic mass is 79.9. The Morgan fingerprint density at radius 3 is 2.75 bits per heavy atom. The number of halogens is 1. The van der Waals surface area contributed by atoms with Gasteiger partial charge in [0.15, 0.2) is 4.67 Å². The van der Waals surface area contributed by atoms with Crippen molar-refractivity contribution in [2.45, 2.75) is 26.2 Å². The summed E-state index contributed by atoms with van der Waals surface area (Å²) in [5.41, 5.74) is 0. The zero-order valence-electron chi connectivity index (χ0n) is 7.13. The molecule has 0 aliphatic heterocycles. The molecule has 1 heterocycles. The highest BCUT2D eigenvalue weighted by molar-refractivity contribution is 9.10. The Kier molecular flexibility index (Phi) is 3.09. The van der Waals surface area contributed by atoms with Gasteiger partial charge in [0.2, 0.25) is 0 Å². The fraction of sp³-hybridized carbons (Fsp3) is 0.444. The second kappa shape index (κ2) is 3.90. The lowest BCUT2D eigenvalue weighted by atomic mass is 10.0. The van der Waals surface area contributed by atoms with Gasteiger partial charge in [-0.05, 0) is 35.0 Å². The molecule has 1 rings (SSSR count). The predicted molar refractivity (Wildman–Crippen MR) is 50.1 cm³/mol. The van der Waals surface area contributed by atoms with Gasteiger partial charge < -0.3 is 9.21 Å². The fourth-order valence-corrected chi connectivity index (χ4v) is 1.44. The molecule has 0 N–H and O–H groups in total. The van der Waals surface area contributed by atoms with Gasteiger partial charge in [-0.25, -0.2) is 0 Å². The molecule has 0 aromatic carbocycles. The van der Waals surface area contributed by atoms with Crippen molar-refractivity contribution in [1.29, 1.82) is 0 Å². The molecule has 0 aliphatic carbocycles. The summed E-state index contributed by atoms with van der Waals surface area (Å²) < 4.78 is 6.03. The van der Waals surface area contributed by atoms with Crippen LogP contribution in [0.5, 0.6) is 0 Å². The molecule has 0 fully saturated rings. The van der Waals surface area contributed by atoms with E-state index in [1.54, 1.807) is 6.92 Å². The van der Waals surface area contributed by atoms with Crippen LogP contribution in [0.15, 0.2) is 21.2 Å². The monoisotopic (exact) mass is 230 g/mol. The first-order chi connectivity index (χ1) is 5.59. The van der Waals surface area contributed by atoms with Crippen molar-refractivity contribution in [2.24, 2.45) is 0 Å². The lowest BCUT2D eigenvalue weighted by Gasteiger charge is -2.03. The third-order valence-corrected chi connectivity index (χ3v) is 2.10. The molecule has 0 spiro atoms. The minimum absolute atomic E-state index is 0.175. The van der Waals surface area contributed by atoms with Crippen molar-refractivity contribution >= 4 is 21.7 Å². The van der Waals surface area contributed by atoms with Crippen molar-refractivity contribution in [1.82, 2.24) is 0 Å². The molecule has 0 saturated carbocycles. The predicted octanol–water partition coefficient (Wildman–Crippen LogP) is 3.12. The zero-order valence-corrected chi connectivity index (χ0v) is 8.72. The van der Waals surface area contributed by atoms with Gasteiger partial charge in [-0.15, -0.1) is 0 Å². The lowest BCUT2D eigenvalue weighted by Crippen LogP contribution is -1.98. The standard InChI is InChI=1S/C9H11BrO2/c1-6(5-7(2)11)8-3-4-9(10)12-8/h3-4,6H,5H2,1-2H3. The van der Waals surface area contributed by atoms with Gasteiger partial charge in [0, 0.05) is 12.3 Å². The van der Waals surface area contributed by atoms with Crippen LogP contribution in [0.1, 0.15) is 31.9 Å². The Hall–Kier alpha value is -0.570. The van der Waals surface area contributed by atoms with Gasteiger partial charge in [0.1, 0.15) is 11.5 Å². The third kappa shape index (κ3) is 2.48. The van der Waals surface area contributed by atoms with E-state index < -0.39 is 0 Å². The van der Waals surface area contributed by atoms with Gasteiger partial charge >= 0.3 is 0 Å². The van der Waals surface area contributed by atoms with Crippen LogP contribution in [0.4, 0.5) is 0 Å². The normalized spacial score (nSPS) is 12.9. The average Bonchev–Trinajstić information content (AvgIpc) is 2.34. The minimum atomic E-state index is 0.175. The number of hydrogen-bond acceptors (Lipinski definition) is 2. The van der Waals surface area contributed by atoms with Crippen LogP contribution in [0, 0.1) is 0 Å². The highest BCUT2D eigenvalue weighted by Crippen LogP contribution is 2.24.